The lowest BCUT2D eigenvalue weighted by molar-refractivity contribution is -0.122. The van der Waals surface area contributed by atoms with E-state index in [0.717, 1.165) is 6.07 Å². The molecule has 2 aromatic carbocycles. The predicted molar refractivity (Wildman–Crippen MR) is 109 cm³/mol. The molecule has 0 spiro atoms. The zero-order valence-electron chi connectivity index (χ0n) is 16.4. The minimum absolute atomic E-state index is 0.00723. The number of hydrogen-bond donors (Lipinski definition) is 1. The van der Waals surface area contributed by atoms with Gasteiger partial charge in [0.1, 0.15) is 11.4 Å². The molecule has 1 aliphatic heterocycles. The van der Waals surface area contributed by atoms with Crippen LogP contribution in [-0.4, -0.2) is 31.1 Å². The Hall–Kier alpha value is -3.39. The van der Waals surface area contributed by atoms with Gasteiger partial charge in [-0.2, -0.15) is 0 Å². The number of imide groups is 2. The Morgan fingerprint density at radius 1 is 1.17 bits per heavy atom. The number of benzene rings is 2. The summed E-state index contributed by atoms with van der Waals surface area (Å²) in [4.78, 5) is 38.1. The lowest BCUT2D eigenvalue weighted by atomic mass is 10.1. The van der Waals surface area contributed by atoms with E-state index < -0.39 is 23.7 Å². The number of halogens is 2. The van der Waals surface area contributed by atoms with Crippen molar-refractivity contribution >= 4 is 41.2 Å². The summed E-state index contributed by atoms with van der Waals surface area (Å²) in [7, 11) is 1.43. The van der Waals surface area contributed by atoms with Crippen LogP contribution in [0.2, 0.25) is 5.02 Å². The van der Waals surface area contributed by atoms with Gasteiger partial charge in [0.25, 0.3) is 11.8 Å². The van der Waals surface area contributed by atoms with Crippen LogP contribution >= 0.6 is 11.6 Å². The second-order valence-corrected chi connectivity index (χ2v) is 7.05. The summed E-state index contributed by atoms with van der Waals surface area (Å²) < 4.78 is 24.5. The second-order valence-electron chi connectivity index (χ2n) is 6.64. The van der Waals surface area contributed by atoms with E-state index in [-0.39, 0.29) is 22.4 Å². The minimum atomic E-state index is -0.968. The normalized spacial score (nSPS) is 15.6. The molecule has 0 saturated carbocycles. The molecule has 1 saturated heterocycles. The SMILES string of the molecule is COc1cc(/C=C2\C(=O)NC(=O)N(c3cccc(F)c3)C2=O)cc(Cl)c1OC(C)C. The number of anilines is 1. The van der Waals surface area contributed by atoms with E-state index in [4.69, 9.17) is 21.1 Å². The first kappa shape index (κ1) is 21.3. The molecule has 0 unspecified atom stereocenters. The molecule has 1 aliphatic rings. The number of methoxy groups -OCH3 is 1. The van der Waals surface area contributed by atoms with Gasteiger partial charge in [0.05, 0.1) is 23.9 Å². The van der Waals surface area contributed by atoms with Crippen LogP contribution in [0.25, 0.3) is 6.08 Å². The standard InChI is InChI=1S/C21H18ClFN2O5/c1-11(2)30-18-16(22)8-12(9-17(18)29-3)7-15-19(26)24-21(28)25(20(15)27)14-6-4-5-13(23)10-14/h4-11H,1-3H3,(H,24,26,28)/b15-7+. The summed E-state index contributed by atoms with van der Waals surface area (Å²) in [6.45, 7) is 3.66. The molecule has 3 rings (SSSR count). The highest BCUT2D eigenvalue weighted by atomic mass is 35.5. The lowest BCUT2D eigenvalue weighted by Gasteiger charge is -2.26. The molecule has 30 heavy (non-hydrogen) atoms. The summed E-state index contributed by atoms with van der Waals surface area (Å²) in [5.74, 6) is -1.77. The zero-order valence-corrected chi connectivity index (χ0v) is 17.1. The van der Waals surface area contributed by atoms with Gasteiger partial charge in [-0.3, -0.25) is 14.9 Å². The number of rotatable bonds is 5. The Balaban J connectivity index is 2.03. The Bertz CT molecular complexity index is 1070. The van der Waals surface area contributed by atoms with Crippen molar-refractivity contribution in [2.24, 2.45) is 0 Å². The first-order chi connectivity index (χ1) is 14.2. The second kappa shape index (κ2) is 8.54. The summed E-state index contributed by atoms with van der Waals surface area (Å²) in [5, 5.41) is 2.30. The summed E-state index contributed by atoms with van der Waals surface area (Å²) in [6, 6.07) is 6.99. The fourth-order valence-corrected chi connectivity index (χ4v) is 3.11. The summed E-state index contributed by atoms with van der Waals surface area (Å²) in [5.41, 5.74) is 0.0432. The van der Waals surface area contributed by atoms with Crippen molar-refractivity contribution in [3.63, 3.8) is 0 Å². The maximum Gasteiger partial charge on any atom is 0.335 e. The predicted octanol–water partition coefficient (Wildman–Crippen LogP) is 3.94. The quantitative estimate of drug-likeness (QED) is 0.571. The number of hydrogen-bond acceptors (Lipinski definition) is 5. The van der Waals surface area contributed by atoms with Crippen LogP contribution in [0, 0.1) is 5.82 Å². The van der Waals surface area contributed by atoms with E-state index in [1.54, 1.807) is 6.07 Å². The summed E-state index contributed by atoms with van der Waals surface area (Å²) >= 11 is 6.29. The monoisotopic (exact) mass is 432 g/mol. The van der Waals surface area contributed by atoms with E-state index in [0.29, 0.717) is 22.0 Å². The van der Waals surface area contributed by atoms with Crippen molar-refractivity contribution in [1.82, 2.24) is 5.32 Å². The van der Waals surface area contributed by atoms with Gasteiger partial charge in [-0.05, 0) is 55.8 Å². The van der Waals surface area contributed by atoms with Crippen molar-refractivity contribution in [2.45, 2.75) is 20.0 Å². The molecule has 1 heterocycles. The molecule has 0 bridgehead atoms. The maximum atomic E-state index is 13.6. The molecule has 156 valence electrons. The smallest absolute Gasteiger partial charge is 0.335 e. The first-order valence-corrected chi connectivity index (χ1v) is 9.30. The number of carbonyl (C=O) groups is 3. The van der Waals surface area contributed by atoms with Crippen LogP contribution in [0.15, 0.2) is 42.0 Å². The third kappa shape index (κ3) is 4.28. The molecule has 4 amide bonds. The van der Waals surface area contributed by atoms with Crippen LogP contribution < -0.4 is 19.7 Å². The van der Waals surface area contributed by atoms with Gasteiger partial charge >= 0.3 is 6.03 Å². The third-order valence-corrected chi connectivity index (χ3v) is 4.37. The van der Waals surface area contributed by atoms with Crippen molar-refractivity contribution in [3.05, 3.63) is 58.4 Å². The van der Waals surface area contributed by atoms with Gasteiger partial charge in [0.2, 0.25) is 0 Å². The molecule has 2 aromatic rings. The van der Waals surface area contributed by atoms with Crippen molar-refractivity contribution < 1.29 is 28.2 Å². The molecule has 9 heteroatoms. The molecular weight excluding hydrogens is 415 g/mol. The third-order valence-electron chi connectivity index (χ3n) is 4.08. The highest BCUT2D eigenvalue weighted by molar-refractivity contribution is 6.39. The average Bonchev–Trinajstić information content (AvgIpc) is 2.66. The largest absolute Gasteiger partial charge is 0.493 e. The van der Waals surface area contributed by atoms with E-state index in [2.05, 4.69) is 5.32 Å². The fourth-order valence-electron chi connectivity index (χ4n) is 2.85. The van der Waals surface area contributed by atoms with Crippen LogP contribution in [0.1, 0.15) is 19.4 Å². The van der Waals surface area contributed by atoms with Crippen LogP contribution in [-0.2, 0) is 9.59 Å². The highest BCUT2D eigenvalue weighted by Crippen LogP contribution is 2.38. The average molecular weight is 433 g/mol. The number of nitrogens with zero attached hydrogens (tertiary/aromatic N) is 1. The lowest BCUT2D eigenvalue weighted by Crippen LogP contribution is -2.54. The van der Waals surface area contributed by atoms with Gasteiger partial charge in [0.15, 0.2) is 11.5 Å². The molecule has 0 aliphatic carbocycles. The minimum Gasteiger partial charge on any atom is -0.493 e. The molecule has 1 fully saturated rings. The Labute approximate surface area is 177 Å². The van der Waals surface area contributed by atoms with Gasteiger partial charge in [-0.1, -0.05) is 17.7 Å². The zero-order chi connectivity index (χ0) is 22.0. The number of amides is 4. The van der Waals surface area contributed by atoms with Crippen LogP contribution in [0.5, 0.6) is 11.5 Å². The van der Waals surface area contributed by atoms with Gasteiger partial charge in [-0.25, -0.2) is 14.1 Å². The molecule has 0 atom stereocenters. The topological polar surface area (TPSA) is 84.9 Å². The number of carbonyl (C=O) groups excluding carboxylic acids is 3. The fraction of sp³-hybridized carbons (Fsp3) is 0.190. The van der Waals surface area contributed by atoms with Gasteiger partial charge < -0.3 is 9.47 Å². The molecular formula is C21H18ClFN2O5. The summed E-state index contributed by atoms with van der Waals surface area (Å²) in [6.07, 6.45) is 1.11. The van der Waals surface area contributed by atoms with Crippen LogP contribution in [0.4, 0.5) is 14.9 Å². The van der Waals surface area contributed by atoms with Crippen molar-refractivity contribution in [2.75, 3.05) is 12.0 Å². The van der Waals surface area contributed by atoms with E-state index in [1.165, 1.54) is 37.5 Å². The molecule has 7 nitrogen and oxygen atoms in total. The number of ether oxygens (including phenoxy) is 2. The number of nitrogens with one attached hydrogen (secondary N) is 1. The van der Waals surface area contributed by atoms with Crippen LogP contribution in [0.3, 0.4) is 0 Å². The Kier molecular flexibility index (Phi) is 6.07. The Morgan fingerprint density at radius 2 is 1.90 bits per heavy atom. The van der Waals surface area contributed by atoms with Gasteiger partial charge in [-0.15, -0.1) is 0 Å². The molecule has 0 radical (unpaired) electrons. The Morgan fingerprint density at radius 3 is 2.53 bits per heavy atom. The number of urea groups is 1. The highest BCUT2D eigenvalue weighted by Gasteiger charge is 2.37. The van der Waals surface area contributed by atoms with E-state index in [9.17, 15) is 18.8 Å². The van der Waals surface area contributed by atoms with Crippen molar-refractivity contribution in [3.8, 4) is 11.5 Å². The molecule has 1 N–H and O–H groups in total. The maximum absolute atomic E-state index is 13.6. The van der Waals surface area contributed by atoms with Crippen molar-refractivity contribution in [1.29, 1.82) is 0 Å². The van der Waals surface area contributed by atoms with E-state index >= 15 is 0 Å². The van der Waals surface area contributed by atoms with Gasteiger partial charge in [0, 0.05) is 0 Å². The number of barbiturate groups is 1. The molecule has 0 aromatic heterocycles. The first-order valence-electron chi connectivity index (χ1n) is 8.92. The van der Waals surface area contributed by atoms with E-state index in [1.807, 2.05) is 13.8 Å².